The number of carbonyl (C=O) groups is 1. The van der Waals surface area contributed by atoms with Gasteiger partial charge in [0, 0.05) is 43.6 Å². The first kappa shape index (κ1) is 16.4. The zero-order valence-electron chi connectivity index (χ0n) is 14.7. The minimum Gasteiger partial charge on any atom is -0.391 e. The van der Waals surface area contributed by atoms with E-state index in [2.05, 4.69) is 20.0 Å². The molecule has 0 aromatic carbocycles. The Morgan fingerprint density at radius 2 is 1.92 bits per heavy atom. The molecule has 0 bridgehead atoms. The van der Waals surface area contributed by atoms with Crippen LogP contribution in [0.25, 0.3) is 5.78 Å². The van der Waals surface area contributed by atoms with Crippen LogP contribution in [0.2, 0.25) is 0 Å². The van der Waals surface area contributed by atoms with Gasteiger partial charge in [0.25, 0.3) is 11.7 Å². The fourth-order valence-electron chi connectivity index (χ4n) is 4.00. The summed E-state index contributed by atoms with van der Waals surface area (Å²) in [6, 6.07) is 2.17. The summed E-state index contributed by atoms with van der Waals surface area (Å²) >= 11 is 0. The van der Waals surface area contributed by atoms with Crippen molar-refractivity contribution in [2.75, 3.05) is 26.2 Å². The van der Waals surface area contributed by atoms with Crippen LogP contribution >= 0.6 is 0 Å². The first-order valence-corrected chi connectivity index (χ1v) is 8.95. The molecule has 1 saturated carbocycles. The summed E-state index contributed by atoms with van der Waals surface area (Å²) in [6.45, 7) is 6.69. The molecule has 4 rings (SSSR count). The molecule has 1 amide bonds. The van der Waals surface area contributed by atoms with Gasteiger partial charge in [0.15, 0.2) is 0 Å². The highest BCUT2D eigenvalue weighted by molar-refractivity contribution is 5.91. The third kappa shape index (κ3) is 3.00. The van der Waals surface area contributed by atoms with Gasteiger partial charge >= 0.3 is 0 Å². The van der Waals surface area contributed by atoms with Gasteiger partial charge in [-0.2, -0.15) is 4.98 Å². The second-order valence-electron chi connectivity index (χ2n) is 7.08. The number of aryl methyl sites for hydroxylation is 2. The van der Waals surface area contributed by atoms with Crippen LogP contribution in [0.3, 0.4) is 0 Å². The van der Waals surface area contributed by atoms with Gasteiger partial charge in [-0.1, -0.05) is 0 Å². The lowest BCUT2D eigenvalue weighted by Gasteiger charge is -2.38. The number of hydrogen-bond donors (Lipinski definition) is 1. The average molecular weight is 344 g/mol. The highest BCUT2D eigenvalue weighted by Gasteiger charge is 2.34. The molecule has 1 saturated heterocycles. The molecule has 0 spiro atoms. The van der Waals surface area contributed by atoms with Crippen molar-refractivity contribution in [1.82, 2.24) is 29.4 Å². The molecule has 0 radical (unpaired) electrons. The molecule has 0 unspecified atom stereocenters. The van der Waals surface area contributed by atoms with E-state index in [0.29, 0.717) is 18.9 Å². The number of aliphatic hydroxyl groups excluding tert-OH is 1. The van der Waals surface area contributed by atoms with Crippen molar-refractivity contribution in [3.05, 3.63) is 23.3 Å². The minimum absolute atomic E-state index is 0.144. The lowest BCUT2D eigenvalue weighted by atomic mass is 10.1. The minimum atomic E-state index is -0.223. The van der Waals surface area contributed by atoms with E-state index in [0.717, 1.165) is 43.7 Å². The Balaban J connectivity index is 1.46. The number of aromatic nitrogens is 4. The molecular formula is C17H24N6O2. The number of carbonyl (C=O) groups excluding carboxylic acids is 1. The average Bonchev–Trinajstić information content (AvgIpc) is 3.20. The zero-order valence-corrected chi connectivity index (χ0v) is 14.7. The fourth-order valence-corrected chi connectivity index (χ4v) is 4.00. The van der Waals surface area contributed by atoms with E-state index in [-0.39, 0.29) is 23.9 Å². The number of aliphatic hydroxyl groups is 1. The SMILES string of the molecule is Cc1cc(C)n2nc(C(=O)N3CCN([C@@H]4CCC[C@@H]4O)CC3)nc2n1. The first-order chi connectivity index (χ1) is 12.0. The highest BCUT2D eigenvalue weighted by Crippen LogP contribution is 2.25. The topological polar surface area (TPSA) is 86.9 Å². The summed E-state index contributed by atoms with van der Waals surface area (Å²) in [5.41, 5.74) is 1.77. The summed E-state index contributed by atoms with van der Waals surface area (Å²) in [7, 11) is 0. The van der Waals surface area contributed by atoms with Crippen molar-refractivity contribution in [2.45, 2.75) is 45.3 Å². The number of piperazine rings is 1. The van der Waals surface area contributed by atoms with Crippen LogP contribution in [0.4, 0.5) is 0 Å². The monoisotopic (exact) mass is 344 g/mol. The maximum atomic E-state index is 12.7. The number of fused-ring (bicyclic) bond motifs is 1. The van der Waals surface area contributed by atoms with Crippen LogP contribution in [0.5, 0.6) is 0 Å². The predicted octanol–water partition coefficient (Wildman–Crippen LogP) is 0.412. The molecule has 2 fully saturated rings. The van der Waals surface area contributed by atoms with Crippen molar-refractivity contribution in [1.29, 1.82) is 0 Å². The third-order valence-corrected chi connectivity index (χ3v) is 5.32. The molecule has 2 aromatic heterocycles. The van der Waals surface area contributed by atoms with Gasteiger partial charge in [0.2, 0.25) is 5.82 Å². The summed E-state index contributed by atoms with van der Waals surface area (Å²) in [6.07, 6.45) is 2.80. The largest absolute Gasteiger partial charge is 0.391 e. The lowest BCUT2D eigenvalue weighted by Crippen LogP contribution is -2.53. The molecule has 2 aromatic rings. The van der Waals surface area contributed by atoms with Gasteiger partial charge < -0.3 is 10.0 Å². The maximum Gasteiger partial charge on any atom is 0.293 e. The van der Waals surface area contributed by atoms with Crippen molar-refractivity contribution < 1.29 is 9.90 Å². The standard InChI is InChI=1S/C17H24N6O2/c1-11-10-12(2)23-17(18-11)19-15(20-23)16(25)22-8-6-21(7-9-22)13-4-3-5-14(13)24/h10,13-14,24H,3-9H2,1-2H3/t13-,14+/m1/s1. The zero-order chi connectivity index (χ0) is 17.6. The van der Waals surface area contributed by atoms with E-state index in [4.69, 9.17) is 0 Å². The van der Waals surface area contributed by atoms with Gasteiger partial charge in [0.1, 0.15) is 0 Å². The molecule has 25 heavy (non-hydrogen) atoms. The molecule has 1 aliphatic heterocycles. The van der Waals surface area contributed by atoms with Gasteiger partial charge in [-0.05, 0) is 39.2 Å². The van der Waals surface area contributed by atoms with Crippen LogP contribution in [-0.4, -0.2) is 78.7 Å². The van der Waals surface area contributed by atoms with Gasteiger partial charge in [-0.25, -0.2) is 9.50 Å². The van der Waals surface area contributed by atoms with Gasteiger partial charge in [0.05, 0.1) is 6.10 Å². The summed E-state index contributed by atoms with van der Waals surface area (Å²) in [5.74, 6) is 0.526. The molecule has 8 nitrogen and oxygen atoms in total. The van der Waals surface area contributed by atoms with E-state index in [1.807, 2.05) is 19.9 Å². The van der Waals surface area contributed by atoms with Gasteiger partial charge in [-0.15, -0.1) is 5.10 Å². The Labute approximate surface area is 146 Å². The van der Waals surface area contributed by atoms with Gasteiger partial charge in [-0.3, -0.25) is 9.69 Å². The smallest absolute Gasteiger partial charge is 0.293 e. The summed E-state index contributed by atoms with van der Waals surface area (Å²) in [4.78, 5) is 25.5. The van der Waals surface area contributed by atoms with Crippen LogP contribution in [0.15, 0.2) is 6.07 Å². The highest BCUT2D eigenvalue weighted by atomic mass is 16.3. The Kier molecular flexibility index (Phi) is 4.16. The second-order valence-corrected chi connectivity index (χ2v) is 7.08. The normalized spacial score (nSPS) is 25.0. The van der Waals surface area contributed by atoms with Crippen molar-refractivity contribution in [3.8, 4) is 0 Å². The fraction of sp³-hybridized carbons (Fsp3) is 0.647. The summed E-state index contributed by atoms with van der Waals surface area (Å²) < 4.78 is 1.62. The van der Waals surface area contributed by atoms with Crippen molar-refractivity contribution >= 4 is 11.7 Å². The van der Waals surface area contributed by atoms with E-state index in [9.17, 15) is 9.90 Å². The van der Waals surface area contributed by atoms with Crippen LogP contribution < -0.4 is 0 Å². The number of amides is 1. The maximum absolute atomic E-state index is 12.7. The Bertz CT molecular complexity index is 796. The molecule has 1 aliphatic carbocycles. The number of nitrogens with zero attached hydrogens (tertiary/aromatic N) is 6. The van der Waals surface area contributed by atoms with E-state index in [1.165, 1.54) is 0 Å². The molecule has 134 valence electrons. The molecule has 2 atom stereocenters. The Morgan fingerprint density at radius 1 is 1.16 bits per heavy atom. The molecule has 2 aliphatic rings. The van der Waals surface area contributed by atoms with Crippen molar-refractivity contribution in [3.63, 3.8) is 0 Å². The van der Waals surface area contributed by atoms with E-state index in [1.54, 1.807) is 9.42 Å². The third-order valence-electron chi connectivity index (χ3n) is 5.32. The molecular weight excluding hydrogens is 320 g/mol. The first-order valence-electron chi connectivity index (χ1n) is 8.95. The van der Waals surface area contributed by atoms with E-state index >= 15 is 0 Å². The summed E-state index contributed by atoms with van der Waals surface area (Å²) in [5, 5.41) is 14.4. The van der Waals surface area contributed by atoms with Crippen molar-refractivity contribution in [2.24, 2.45) is 0 Å². The number of hydrogen-bond acceptors (Lipinski definition) is 6. The van der Waals surface area contributed by atoms with Crippen LogP contribution in [0.1, 0.15) is 41.3 Å². The Morgan fingerprint density at radius 3 is 2.60 bits per heavy atom. The molecule has 3 heterocycles. The van der Waals surface area contributed by atoms with Crippen LogP contribution in [0, 0.1) is 13.8 Å². The quantitative estimate of drug-likeness (QED) is 0.849. The second kappa shape index (κ2) is 6.34. The van der Waals surface area contributed by atoms with E-state index < -0.39 is 0 Å². The van der Waals surface area contributed by atoms with Crippen LogP contribution in [-0.2, 0) is 0 Å². The predicted molar refractivity (Wildman–Crippen MR) is 91.4 cm³/mol. The number of rotatable bonds is 2. The lowest BCUT2D eigenvalue weighted by molar-refractivity contribution is 0.0310. The molecule has 8 heteroatoms. The molecule has 1 N–H and O–H groups in total. The Hall–Kier alpha value is -2.06.